The Labute approximate surface area is 164 Å². The van der Waals surface area contributed by atoms with Gasteiger partial charge in [0.2, 0.25) is 0 Å². The van der Waals surface area contributed by atoms with Crippen molar-refractivity contribution < 1.29 is 0 Å². The Morgan fingerprint density at radius 3 is 2.58 bits per heavy atom. The van der Waals surface area contributed by atoms with E-state index in [-0.39, 0.29) is 24.0 Å². The van der Waals surface area contributed by atoms with Crippen LogP contribution >= 0.6 is 24.0 Å². The van der Waals surface area contributed by atoms with Gasteiger partial charge >= 0.3 is 0 Å². The van der Waals surface area contributed by atoms with Crippen LogP contribution in [-0.4, -0.2) is 40.4 Å². The van der Waals surface area contributed by atoms with E-state index in [4.69, 9.17) is 0 Å². The molecule has 0 fully saturated rings. The van der Waals surface area contributed by atoms with Crippen LogP contribution in [0.2, 0.25) is 0 Å². The zero-order valence-electron chi connectivity index (χ0n) is 15.9. The molecule has 2 N–H and O–H groups in total. The Kier molecular flexibility index (Phi) is 12.0. The summed E-state index contributed by atoms with van der Waals surface area (Å²) < 4.78 is 2.08. The first-order chi connectivity index (χ1) is 11.0. The van der Waals surface area contributed by atoms with Crippen LogP contribution < -0.4 is 10.6 Å². The summed E-state index contributed by atoms with van der Waals surface area (Å²) in [6.07, 6.45) is 6.31. The predicted octanol–water partition coefficient (Wildman–Crippen LogP) is 3.23. The lowest BCUT2D eigenvalue weighted by Crippen LogP contribution is -2.39. The third-order valence-corrected chi connectivity index (χ3v) is 3.61. The van der Waals surface area contributed by atoms with Gasteiger partial charge in [-0.1, -0.05) is 34.1 Å². The van der Waals surface area contributed by atoms with Gasteiger partial charge in [0.15, 0.2) is 5.96 Å². The molecule has 0 atom stereocenters. The molecule has 1 rings (SSSR count). The summed E-state index contributed by atoms with van der Waals surface area (Å²) in [7, 11) is 0. The maximum Gasteiger partial charge on any atom is 0.191 e. The molecule has 0 amide bonds. The molecule has 0 aromatic carbocycles. The summed E-state index contributed by atoms with van der Waals surface area (Å²) in [5, 5.41) is 14.7. The highest BCUT2D eigenvalue weighted by Gasteiger charge is 2.08. The molecule has 24 heavy (non-hydrogen) atoms. The van der Waals surface area contributed by atoms with Crippen molar-refractivity contribution in [3.63, 3.8) is 0 Å². The Morgan fingerprint density at radius 2 is 1.96 bits per heavy atom. The number of aromatic nitrogens is 3. The van der Waals surface area contributed by atoms with E-state index in [1.807, 2.05) is 0 Å². The van der Waals surface area contributed by atoms with E-state index in [2.05, 4.69) is 65.0 Å². The molecule has 0 aliphatic carbocycles. The first-order valence-corrected chi connectivity index (χ1v) is 8.85. The topological polar surface area (TPSA) is 67.1 Å². The Bertz CT molecular complexity index is 464. The Hall–Kier alpha value is -0.860. The highest BCUT2D eigenvalue weighted by Crippen LogP contribution is 2.21. The van der Waals surface area contributed by atoms with Gasteiger partial charge in [-0.15, -0.1) is 34.2 Å². The Balaban J connectivity index is 0.00000529. The van der Waals surface area contributed by atoms with Crippen molar-refractivity contribution in [2.24, 2.45) is 10.4 Å². The van der Waals surface area contributed by atoms with Gasteiger partial charge in [0.05, 0.1) is 0 Å². The van der Waals surface area contributed by atoms with Gasteiger partial charge in [0, 0.05) is 32.6 Å². The van der Waals surface area contributed by atoms with Crippen LogP contribution in [0.15, 0.2) is 11.3 Å². The van der Waals surface area contributed by atoms with Gasteiger partial charge in [-0.2, -0.15) is 0 Å². The molecule has 0 spiro atoms. The minimum Gasteiger partial charge on any atom is -0.357 e. The number of aliphatic imine (C=N–C) groups is 1. The molecule has 0 aliphatic rings. The number of halogens is 1. The molecule has 1 aromatic rings. The molecule has 0 saturated heterocycles. The lowest BCUT2D eigenvalue weighted by atomic mass is 9.90. The Morgan fingerprint density at radius 1 is 1.21 bits per heavy atom. The van der Waals surface area contributed by atoms with Crippen molar-refractivity contribution in [3.05, 3.63) is 12.2 Å². The SMILES string of the molecule is CCNC(=NCCCCC(C)(C)C)NCCn1cnnc1CC.I. The number of hydrogen-bond acceptors (Lipinski definition) is 3. The third-order valence-electron chi connectivity index (χ3n) is 3.61. The number of hydrogen-bond donors (Lipinski definition) is 2. The molecular weight excluding hydrogens is 415 g/mol. The van der Waals surface area contributed by atoms with Crippen LogP contribution in [0.5, 0.6) is 0 Å². The summed E-state index contributed by atoms with van der Waals surface area (Å²) in [6.45, 7) is 14.5. The summed E-state index contributed by atoms with van der Waals surface area (Å²) in [5.41, 5.74) is 0.419. The minimum atomic E-state index is 0. The lowest BCUT2D eigenvalue weighted by molar-refractivity contribution is 0.361. The molecular formula is C17H35IN6. The average Bonchev–Trinajstić information content (AvgIpc) is 2.93. The first kappa shape index (κ1) is 23.1. The van der Waals surface area contributed by atoms with Gasteiger partial charge in [-0.3, -0.25) is 4.99 Å². The van der Waals surface area contributed by atoms with E-state index < -0.39 is 0 Å². The number of nitrogens with one attached hydrogen (secondary N) is 2. The summed E-state index contributed by atoms with van der Waals surface area (Å²) >= 11 is 0. The number of rotatable bonds is 9. The predicted molar refractivity (Wildman–Crippen MR) is 112 cm³/mol. The lowest BCUT2D eigenvalue weighted by Gasteiger charge is -2.17. The molecule has 0 bridgehead atoms. The maximum atomic E-state index is 4.65. The number of guanidine groups is 1. The molecule has 0 saturated carbocycles. The van der Waals surface area contributed by atoms with Crippen molar-refractivity contribution >= 4 is 29.9 Å². The second-order valence-corrected chi connectivity index (χ2v) is 7.00. The molecule has 140 valence electrons. The van der Waals surface area contributed by atoms with E-state index in [1.54, 1.807) is 6.33 Å². The summed E-state index contributed by atoms with van der Waals surface area (Å²) in [6, 6.07) is 0. The number of nitrogens with zero attached hydrogens (tertiary/aromatic N) is 4. The maximum absolute atomic E-state index is 4.65. The summed E-state index contributed by atoms with van der Waals surface area (Å²) in [4.78, 5) is 4.65. The average molecular weight is 450 g/mol. The van der Waals surface area contributed by atoms with Gasteiger partial charge in [0.25, 0.3) is 0 Å². The molecule has 1 aromatic heterocycles. The summed E-state index contributed by atoms with van der Waals surface area (Å²) in [5.74, 6) is 1.92. The monoisotopic (exact) mass is 450 g/mol. The number of unbranched alkanes of at least 4 members (excludes halogenated alkanes) is 1. The highest BCUT2D eigenvalue weighted by molar-refractivity contribution is 14.0. The van der Waals surface area contributed by atoms with E-state index in [9.17, 15) is 0 Å². The van der Waals surface area contributed by atoms with Crippen molar-refractivity contribution in [1.82, 2.24) is 25.4 Å². The molecule has 0 aliphatic heterocycles. The van der Waals surface area contributed by atoms with E-state index in [1.165, 1.54) is 12.8 Å². The first-order valence-electron chi connectivity index (χ1n) is 8.85. The van der Waals surface area contributed by atoms with E-state index in [0.29, 0.717) is 5.41 Å². The quantitative estimate of drug-likeness (QED) is 0.262. The number of aryl methyl sites for hydroxylation is 1. The van der Waals surface area contributed by atoms with E-state index >= 15 is 0 Å². The second-order valence-electron chi connectivity index (χ2n) is 7.00. The van der Waals surface area contributed by atoms with Crippen molar-refractivity contribution in [2.75, 3.05) is 19.6 Å². The molecule has 1 heterocycles. The van der Waals surface area contributed by atoms with Crippen molar-refractivity contribution in [3.8, 4) is 0 Å². The van der Waals surface area contributed by atoms with Crippen molar-refractivity contribution in [2.45, 2.75) is 66.8 Å². The van der Waals surface area contributed by atoms with Gasteiger partial charge < -0.3 is 15.2 Å². The zero-order valence-corrected chi connectivity index (χ0v) is 18.3. The third kappa shape index (κ3) is 10.1. The molecule has 7 heteroatoms. The highest BCUT2D eigenvalue weighted by atomic mass is 127. The fraction of sp³-hybridized carbons (Fsp3) is 0.824. The van der Waals surface area contributed by atoms with Crippen LogP contribution in [0.25, 0.3) is 0 Å². The standard InChI is InChI=1S/C17H34N6.HI/c1-6-15-22-21-14-23(15)13-12-20-16(18-7-2)19-11-9-8-10-17(3,4)5;/h14H,6-13H2,1-5H3,(H2,18,19,20);1H. The zero-order chi connectivity index (χ0) is 17.1. The van der Waals surface area contributed by atoms with Gasteiger partial charge in [0.1, 0.15) is 12.2 Å². The van der Waals surface area contributed by atoms with Crippen LogP contribution in [-0.2, 0) is 13.0 Å². The largest absolute Gasteiger partial charge is 0.357 e. The van der Waals surface area contributed by atoms with Crippen LogP contribution in [0.1, 0.15) is 59.7 Å². The van der Waals surface area contributed by atoms with Crippen LogP contribution in [0.4, 0.5) is 0 Å². The van der Waals surface area contributed by atoms with Crippen LogP contribution in [0, 0.1) is 5.41 Å². The van der Waals surface area contributed by atoms with E-state index in [0.717, 1.165) is 50.8 Å². The molecule has 6 nitrogen and oxygen atoms in total. The van der Waals surface area contributed by atoms with Crippen LogP contribution in [0.3, 0.4) is 0 Å². The molecule has 0 unspecified atom stereocenters. The molecule has 0 radical (unpaired) electrons. The fourth-order valence-corrected chi connectivity index (χ4v) is 2.33. The minimum absolute atomic E-state index is 0. The normalized spacial score (nSPS) is 12.0. The van der Waals surface area contributed by atoms with Gasteiger partial charge in [-0.25, -0.2) is 0 Å². The fourth-order valence-electron chi connectivity index (χ4n) is 2.33. The van der Waals surface area contributed by atoms with Gasteiger partial charge in [-0.05, 0) is 25.2 Å². The smallest absolute Gasteiger partial charge is 0.191 e. The van der Waals surface area contributed by atoms with Crippen molar-refractivity contribution in [1.29, 1.82) is 0 Å². The second kappa shape index (κ2) is 12.5.